The van der Waals surface area contributed by atoms with Crippen molar-refractivity contribution in [3.8, 4) is 0 Å². The van der Waals surface area contributed by atoms with Crippen molar-refractivity contribution in [2.45, 2.75) is 51.1 Å². The fourth-order valence-electron chi connectivity index (χ4n) is 3.45. The lowest BCUT2D eigenvalue weighted by Crippen LogP contribution is -2.59. The van der Waals surface area contributed by atoms with E-state index in [9.17, 15) is 4.79 Å². The smallest absolute Gasteiger partial charge is 0.230 e. The number of nitrogens with one attached hydrogen (secondary N) is 1. The van der Waals surface area contributed by atoms with Crippen LogP contribution < -0.4 is 5.32 Å². The Morgan fingerprint density at radius 3 is 2.80 bits per heavy atom. The zero-order chi connectivity index (χ0) is 14.1. The van der Waals surface area contributed by atoms with Crippen molar-refractivity contribution in [2.75, 3.05) is 13.1 Å². The fraction of sp³-hybridized carbons (Fsp3) is 0.588. The number of hydrogen-bond acceptors (Lipinski definition) is 2. The molecule has 0 aromatic heterocycles. The summed E-state index contributed by atoms with van der Waals surface area (Å²) in [6.45, 7) is 6.17. The summed E-state index contributed by atoms with van der Waals surface area (Å²) < 4.78 is 0. The molecule has 3 heteroatoms. The second kappa shape index (κ2) is 5.57. The average molecular weight is 272 g/mol. The van der Waals surface area contributed by atoms with Gasteiger partial charge in [0.25, 0.3) is 0 Å². The van der Waals surface area contributed by atoms with E-state index >= 15 is 0 Å². The van der Waals surface area contributed by atoms with Gasteiger partial charge in [-0.05, 0) is 30.4 Å². The van der Waals surface area contributed by atoms with E-state index in [0.29, 0.717) is 18.0 Å². The van der Waals surface area contributed by atoms with Gasteiger partial charge in [0.2, 0.25) is 5.91 Å². The first-order valence-corrected chi connectivity index (χ1v) is 7.86. The summed E-state index contributed by atoms with van der Waals surface area (Å²) >= 11 is 0. The lowest BCUT2D eigenvalue weighted by molar-refractivity contribution is -0.137. The molecule has 0 spiro atoms. The molecule has 1 amide bonds. The van der Waals surface area contributed by atoms with E-state index < -0.39 is 0 Å². The van der Waals surface area contributed by atoms with Crippen LogP contribution in [0, 0.1) is 0 Å². The van der Waals surface area contributed by atoms with Crippen molar-refractivity contribution < 1.29 is 4.79 Å². The molecule has 3 unspecified atom stereocenters. The minimum Gasteiger partial charge on any atom is -0.336 e. The summed E-state index contributed by atoms with van der Waals surface area (Å²) in [7, 11) is 0. The number of rotatable bonds is 3. The molecule has 3 atom stereocenters. The molecule has 3 rings (SSSR count). The molecule has 108 valence electrons. The molecule has 1 fully saturated rings. The standard InChI is InChI=1S/C17H24N2O/c1-3-13-11-19(14(4-2)10-18-13)17(20)16-9-12-7-5-6-8-15(12)16/h5-8,13-14,16,18H,3-4,9-11H2,1-2H3. The van der Waals surface area contributed by atoms with Crippen molar-refractivity contribution in [1.29, 1.82) is 0 Å². The molecule has 1 aromatic rings. The molecule has 1 aliphatic heterocycles. The van der Waals surface area contributed by atoms with Gasteiger partial charge in [-0.25, -0.2) is 0 Å². The minimum atomic E-state index is 0.107. The monoisotopic (exact) mass is 272 g/mol. The Kier molecular flexibility index (Phi) is 3.79. The van der Waals surface area contributed by atoms with Gasteiger partial charge >= 0.3 is 0 Å². The van der Waals surface area contributed by atoms with Gasteiger partial charge in [0, 0.05) is 25.2 Å². The third-order valence-electron chi connectivity index (χ3n) is 4.90. The number of nitrogens with zero attached hydrogens (tertiary/aromatic N) is 1. The molecule has 1 heterocycles. The largest absolute Gasteiger partial charge is 0.336 e. The molecular weight excluding hydrogens is 248 g/mol. The van der Waals surface area contributed by atoms with Crippen molar-refractivity contribution in [3.05, 3.63) is 35.4 Å². The molecule has 1 saturated heterocycles. The van der Waals surface area contributed by atoms with Crippen molar-refractivity contribution in [2.24, 2.45) is 0 Å². The molecule has 3 nitrogen and oxygen atoms in total. The van der Waals surface area contributed by atoms with Crippen LogP contribution in [0.25, 0.3) is 0 Å². The van der Waals surface area contributed by atoms with E-state index in [2.05, 4.69) is 42.3 Å². The maximum absolute atomic E-state index is 12.9. The van der Waals surface area contributed by atoms with Crippen LogP contribution >= 0.6 is 0 Å². The van der Waals surface area contributed by atoms with Crippen LogP contribution in [0.15, 0.2) is 24.3 Å². The number of hydrogen-bond donors (Lipinski definition) is 1. The summed E-state index contributed by atoms with van der Waals surface area (Å²) in [5.74, 6) is 0.450. The first kappa shape index (κ1) is 13.6. The lowest BCUT2D eigenvalue weighted by atomic mass is 9.76. The lowest BCUT2D eigenvalue weighted by Gasteiger charge is -2.43. The van der Waals surface area contributed by atoms with Crippen LogP contribution in [-0.4, -0.2) is 36.0 Å². The zero-order valence-electron chi connectivity index (χ0n) is 12.4. The van der Waals surface area contributed by atoms with Crippen LogP contribution in [0.5, 0.6) is 0 Å². The molecular formula is C17H24N2O. The maximum atomic E-state index is 12.9. The molecule has 0 radical (unpaired) electrons. The van der Waals surface area contributed by atoms with E-state index in [4.69, 9.17) is 0 Å². The summed E-state index contributed by atoms with van der Waals surface area (Å²) in [5.41, 5.74) is 2.60. The average Bonchev–Trinajstić information content (AvgIpc) is 2.47. The molecule has 0 bridgehead atoms. The van der Waals surface area contributed by atoms with E-state index in [-0.39, 0.29) is 5.92 Å². The second-order valence-electron chi connectivity index (χ2n) is 6.02. The highest BCUT2D eigenvalue weighted by Gasteiger charge is 2.38. The van der Waals surface area contributed by atoms with Gasteiger partial charge in [-0.2, -0.15) is 0 Å². The van der Waals surface area contributed by atoms with Gasteiger partial charge in [-0.1, -0.05) is 38.1 Å². The number of fused-ring (bicyclic) bond motifs is 1. The fourth-order valence-corrected chi connectivity index (χ4v) is 3.45. The topological polar surface area (TPSA) is 32.3 Å². The SMILES string of the molecule is CCC1CN(C(=O)C2Cc3ccccc32)C(CC)CN1. The maximum Gasteiger partial charge on any atom is 0.230 e. The van der Waals surface area contributed by atoms with Crippen molar-refractivity contribution in [1.82, 2.24) is 10.2 Å². The Morgan fingerprint density at radius 2 is 2.10 bits per heavy atom. The highest BCUT2D eigenvalue weighted by molar-refractivity contribution is 5.87. The Labute approximate surface area is 121 Å². The van der Waals surface area contributed by atoms with Gasteiger partial charge in [-0.3, -0.25) is 4.79 Å². The number of carbonyl (C=O) groups is 1. The normalized spacial score (nSPS) is 28.7. The summed E-state index contributed by atoms with van der Waals surface area (Å²) in [4.78, 5) is 15.0. The zero-order valence-corrected chi connectivity index (χ0v) is 12.4. The van der Waals surface area contributed by atoms with Gasteiger partial charge in [0.05, 0.1) is 5.92 Å². The highest BCUT2D eigenvalue weighted by atomic mass is 16.2. The quantitative estimate of drug-likeness (QED) is 0.916. The molecule has 0 saturated carbocycles. The Bertz CT molecular complexity index is 500. The highest BCUT2D eigenvalue weighted by Crippen LogP contribution is 2.37. The van der Waals surface area contributed by atoms with Crippen LogP contribution in [0.3, 0.4) is 0 Å². The molecule has 1 aromatic carbocycles. The summed E-state index contributed by atoms with van der Waals surface area (Å²) in [6, 6.07) is 9.18. The third-order valence-corrected chi connectivity index (χ3v) is 4.90. The number of amides is 1. The van der Waals surface area contributed by atoms with Crippen LogP contribution in [-0.2, 0) is 11.2 Å². The van der Waals surface area contributed by atoms with Gasteiger partial charge in [-0.15, -0.1) is 0 Å². The summed E-state index contributed by atoms with van der Waals surface area (Å²) in [6.07, 6.45) is 3.04. The van der Waals surface area contributed by atoms with E-state index in [1.54, 1.807) is 0 Å². The van der Waals surface area contributed by atoms with E-state index in [1.807, 2.05) is 6.07 Å². The van der Waals surface area contributed by atoms with Crippen LogP contribution in [0.1, 0.15) is 43.7 Å². The van der Waals surface area contributed by atoms with Crippen molar-refractivity contribution >= 4 is 5.91 Å². The van der Waals surface area contributed by atoms with Gasteiger partial charge < -0.3 is 10.2 Å². The molecule has 1 N–H and O–H groups in total. The molecule has 1 aliphatic carbocycles. The van der Waals surface area contributed by atoms with E-state index in [1.165, 1.54) is 11.1 Å². The van der Waals surface area contributed by atoms with Crippen LogP contribution in [0.4, 0.5) is 0 Å². The number of piperazine rings is 1. The van der Waals surface area contributed by atoms with Gasteiger partial charge in [0.15, 0.2) is 0 Å². The minimum absolute atomic E-state index is 0.107. The second-order valence-corrected chi connectivity index (χ2v) is 6.02. The Hall–Kier alpha value is -1.35. The Balaban J connectivity index is 1.76. The summed E-state index contributed by atoms with van der Waals surface area (Å²) in [5, 5.41) is 3.55. The number of carbonyl (C=O) groups excluding carboxylic acids is 1. The first-order valence-electron chi connectivity index (χ1n) is 7.86. The van der Waals surface area contributed by atoms with Crippen LogP contribution in [0.2, 0.25) is 0 Å². The predicted molar refractivity (Wildman–Crippen MR) is 80.8 cm³/mol. The molecule has 2 aliphatic rings. The molecule has 20 heavy (non-hydrogen) atoms. The number of benzene rings is 1. The third kappa shape index (κ3) is 2.24. The van der Waals surface area contributed by atoms with Gasteiger partial charge in [0.1, 0.15) is 0 Å². The first-order chi connectivity index (χ1) is 9.74. The Morgan fingerprint density at radius 1 is 1.30 bits per heavy atom. The predicted octanol–water partition coefficient (Wildman–Crippen LogP) is 2.32. The van der Waals surface area contributed by atoms with Crippen molar-refractivity contribution in [3.63, 3.8) is 0 Å². The van der Waals surface area contributed by atoms with E-state index in [0.717, 1.165) is 32.4 Å².